The Hall–Kier alpha value is 0.480. The topological polar surface area (TPSA) is 0 Å². The summed E-state index contributed by atoms with van der Waals surface area (Å²) in [5, 5.41) is 1.23. The van der Waals surface area contributed by atoms with E-state index in [-0.39, 0.29) is 0 Å². The van der Waals surface area contributed by atoms with Gasteiger partial charge in [-0.1, -0.05) is 36.7 Å². The minimum absolute atomic E-state index is 0.606. The Balaban J connectivity index is 2.07. The van der Waals surface area contributed by atoms with Gasteiger partial charge < -0.3 is 0 Å². The molecule has 0 aromatic heterocycles. The number of hydrogen-bond acceptors (Lipinski definition) is 0. The van der Waals surface area contributed by atoms with E-state index >= 15 is 0 Å². The summed E-state index contributed by atoms with van der Waals surface area (Å²) in [4.78, 5) is 0. The SMILES string of the molecule is CC1CC(C)(C)CC2(C1)CC2CBr. The van der Waals surface area contributed by atoms with Crippen LogP contribution in [0.3, 0.4) is 0 Å². The Labute approximate surface area is 90.6 Å². The molecule has 0 saturated heterocycles. The van der Waals surface area contributed by atoms with Gasteiger partial charge in [0.25, 0.3) is 0 Å². The maximum atomic E-state index is 3.64. The number of halogens is 1. The van der Waals surface area contributed by atoms with Crippen LogP contribution < -0.4 is 0 Å². The minimum Gasteiger partial charge on any atom is -0.0925 e. The van der Waals surface area contributed by atoms with Crippen LogP contribution in [0.1, 0.15) is 46.5 Å². The van der Waals surface area contributed by atoms with Crippen molar-refractivity contribution in [1.29, 1.82) is 0 Å². The van der Waals surface area contributed by atoms with Crippen LogP contribution in [0.25, 0.3) is 0 Å². The van der Waals surface area contributed by atoms with Gasteiger partial charge in [-0.05, 0) is 48.3 Å². The van der Waals surface area contributed by atoms with E-state index in [1.54, 1.807) is 0 Å². The van der Waals surface area contributed by atoms with Crippen molar-refractivity contribution < 1.29 is 0 Å². The molecule has 0 amide bonds. The van der Waals surface area contributed by atoms with Crippen molar-refractivity contribution in [2.45, 2.75) is 46.5 Å². The second-order valence-electron chi connectivity index (χ2n) is 6.27. The van der Waals surface area contributed by atoms with E-state index in [4.69, 9.17) is 0 Å². The highest BCUT2D eigenvalue weighted by molar-refractivity contribution is 9.09. The fourth-order valence-corrected chi connectivity index (χ4v) is 4.84. The molecule has 0 aliphatic heterocycles. The third kappa shape index (κ3) is 1.82. The lowest BCUT2D eigenvalue weighted by Gasteiger charge is -2.40. The molecule has 2 rings (SSSR count). The summed E-state index contributed by atoms with van der Waals surface area (Å²) in [7, 11) is 0. The highest BCUT2D eigenvalue weighted by atomic mass is 79.9. The van der Waals surface area contributed by atoms with E-state index in [9.17, 15) is 0 Å². The van der Waals surface area contributed by atoms with Crippen LogP contribution in [0.5, 0.6) is 0 Å². The highest BCUT2D eigenvalue weighted by Crippen LogP contribution is 2.66. The quantitative estimate of drug-likeness (QED) is 0.606. The molecule has 0 radical (unpaired) electrons. The molecule has 0 aromatic carbocycles. The smallest absolute Gasteiger partial charge is 0.00651 e. The zero-order valence-corrected chi connectivity index (χ0v) is 10.7. The van der Waals surface area contributed by atoms with Crippen LogP contribution in [-0.4, -0.2) is 5.33 Å². The predicted octanol–water partition coefficient (Wildman–Crippen LogP) is 4.23. The zero-order valence-electron chi connectivity index (χ0n) is 9.07. The molecule has 0 bridgehead atoms. The van der Waals surface area contributed by atoms with Gasteiger partial charge in [0.05, 0.1) is 0 Å². The van der Waals surface area contributed by atoms with Crippen LogP contribution in [0.4, 0.5) is 0 Å². The average molecular weight is 245 g/mol. The van der Waals surface area contributed by atoms with E-state index in [1.165, 1.54) is 31.0 Å². The van der Waals surface area contributed by atoms with Gasteiger partial charge in [-0.2, -0.15) is 0 Å². The molecule has 1 spiro atoms. The Kier molecular flexibility index (Phi) is 2.30. The Morgan fingerprint density at radius 2 is 1.92 bits per heavy atom. The lowest BCUT2D eigenvalue weighted by Crippen LogP contribution is -2.29. The van der Waals surface area contributed by atoms with Gasteiger partial charge in [-0.15, -0.1) is 0 Å². The Morgan fingerprint density at radius 1 is 1.23 bits per heavy atom. The first-order chi connectivity index (χ1) is 5.97. The van der Waals surface area contributed by atoms with Gasteiger partial charge in [0.15, 0.2) is 0 Å². The van der Waals surface area contributed by atoms with Gasteiger partial charge in [-0.25, -0.2) is 0 Å². The van der Waals surface area contributed by atoms with Crippen LogP contribution in [0.2, 0.25) is 0 Å². The van der Waals surface area contributed by atoms with Crippen molar-refractivity contribution in [3.8, 4) is 0 Å². The number of rotatable bonds is 1. The summed E-state index contributed by atoms with van der Waals surface area (Å²) in [6.45, 7) is 7.34. The third-order valence-corrected chi connectivity index (χ3v) is 4.81. The molecule has 2 aliphatic rings. The maximum absolute atomic E-state index is 3.64. The normalized spacial score (nSPS) is 48.0. The molecule has 3 atom stereocenters. The van der Waals surface area contributed by atoms with Crippen LogP contribution in [0.15, 0.2) is 0 Å². The monoisotopic (exact) mass is 244 g/mol. The first-order valence-electron chi connectivity index (χ1n) is 5.53. The van der Waals surface area contributed by atoms with Crippen molar-refractivity contribution in [3.05, 3.63) is 0 Å². The van der Waals surface area contributed by atoms with Crippen LogP contribution in [-0.2, 0) is 0 Å². The molecular formula is C12H21Br. The van der Waals surface area contributed by atoms with Gasteiger partial charge in [0.1, 0.15) is 0 Å². The molecule has 0 heterocycles. The van der Waals surface area contributed by atoms with Crippen molar-refractivity contribution in [2.24, 2.45) is 22.7 Å². The van der Waals surface area contributed by atoms with Gasteiger partial charge in [0, 0.05) is 5.33 Å². The van der Waals surface area contributed by atoms with Crippen molar-refractivity contribution in [2.75, 3.05) is 5.33 Å². The summed E-state index contributed by atoms with van der Waals surface area (Å²) in [5.74, 6) is 1.95. The molecule has 2 fully saturated rings. The molecule has 2 aliphatic carbocycles. The van der Waals surface area contributed by atoms with Crippen LogP contribution >= 0.6 is 15.9 Å². The zero-order chi connectivity index (χ0) is 9.69. The van der Waals surface area contributed by atoms with E-state index in [1.807, 2.05) is 0 Å². The lowest BCUT2D eigenvalue weighted by molar-refractivity contribution is 0.110. The molecule has 13 heavy (non-hydrogen) atoms. The summed E-state index contributed by atoms with van der Waals surface area (Å²) < 4.78 is 0. The van der Waals surface area contributed by atoms with Crippen molar-refractivity contribution >= 4 is 15.9 Å². The van der Waals surface area contributed by atoms with E-state index in [0.717, 1.165) is 17.3 Å². The van der Waals surface area contributed by atoms with E-state index in [2.05, 4.69) is 36.7 Å². The van der Waals surface area contributed by atoms with E-state index < -0.39 is 0 Å². The number of alkyl halides is 1. The molecule has 0 aromatic rings. The lowest BCUT2D eigenvalue weighted by atomic mass is 9.65. The molecule has 2 saturated carbocycles. The molecule has 1 heteroatoms. The maximum Gasteiger partial charge on any atom is 0.00651 e. The fourth-order valence-electron chi connectivity index (χ4n) is 3.92. The highest BCUT2D eigenvalue weighted by Gasteiger charge is 2.57. The molecular weight excluding hydrogens is 224 g/mol. The minimum atomic E-state index is 0.606. The summed E-state index contributed by atoms with van der Waals surface area (Å²) in [6.07, 6.45) is 5.89. The predicted molar refractivity (Wildman–Crippen MR) is 61.1 cm³/mol. The first kappa shape index (κ1) is 10.0. The fraction of sp³-hybridized carbons (Fsp3) is 1.00. The number of hydrogen-bond donors (Lipinski definition) is 0. The standard InChI is InChI=1S/C12H21Br/c1-9-4-11(2,3)8-12(5-9)6-10(12)7-13/h9-10H,4-8H2,1-3H3. The average Bonchev–Trinajstić information content (AvgIpc) is 2.57. The summed E-state index contributed by atoms with van der Waals surface area (Å²) in [5.41, 5.74) is 1.36. The molecule has 76 valence electrons. The Bertz CT molecular complexity index is 209. The first-order valence-corrected chi connectivity index (χ1v) is 6.66. The van der Waals surface area contributed by atoms with Crippen molar-refractivity contribution in [1.82, 2.24) is 0 Å². The summed E-state index contributed by atoms with van der Waals surface area (Å²) >= 11 is 3.64. The van der Waals surface area contributed by atoms with Crippen molar-refractivity contribution in [3.63, 3.8) is 0 Å². The largest absolute Gasteiger partial charge is 0.0925 e. The van der Waals surface area contributed by atoms with Crippen LogP contribution in [0, 0.1) is 22.7 Å². The summed E-state index contributed by atoms with van der Waals surface area (Å²) in [6, 6.07) is 0. The third-order valence-electron chi connectivity index (χ3n) is 4.03. The van der Waals surface area contributed by atoms with Gasteiger partial charge in [-0.3, -0.25) is 0 Å². The second-order valence-corrected chi connectivity index (χ2v) is 6.92. The van der Waals surface area contributed by atoms with E-state index in [0.29, 0.717) is 5.41 Å². The molecule has 3 unspecified atom stereocenters. The Morgan fingerprint density at radius 3 is 2.38 bits per heavy atom. The second kappa shape index (κ2) is 2.98. The van der Waals surface area contributed by atoms with Gasteiger partial charge in [0.2, 0.25) is 0 Å². The van der Waals surface area contributed by atoms with Gasteiger partial charge >= 0.3 is 0 Å². The molecule has 0 N–H and O–H groups in total. The molecule has 0 nitrogen and oxygen atoms in total.